The smallest absolute Gasteiger partial charge is 0.328 e. The highest BCUT2D eigenvalue weighted by molar-refractivity contribution is 7.90. The topological polar surface area (TPSA) is 129 Å². The third kappa shape index (κ3) is 2.01. The average molecular weight is 299 g/mol. The Kier molecular flexibility index (Phi) is 3.22. The van der Waals surface area contributed by atoms with Gasteiger partial charge >= 0.3 is 11.9 Å². The van der Waals surface area contributed by atoms with Crippen LogP contribution >= 0.6 is 0 Å². The number of hydrogen-bond donors (Lipinski definition) is 2. The fourth-order valence-corrected chi connectivity index (χ4v) is 3.66. The molecule has 2 N–H and O–H groups in total. The van der Waals surface area contributed by atoms with Gasteiger partial charge in [0, 0.05) is 0 Å². The summed E-state index contributed by atoms with van der Waals surface area (Å²) < 4.78 is 24.5. The van der Waals surface area contributed by atoms with Gasteiger partial charge in [0.2, 0.25) is 0 Å². The van der Waals surface area contributed by atoms with E-state index in [1.165, 1.54) is 24.3 Å². The van der Waals surface area contributed by atoms with Crippen LogP contribution in [0.2, 0.25) is 0 Å². The molecule has 0 spiro atoms. The van der Waals surface area contributed by atoms with Gasteiger partial charge in [0.25, 0.3) is 15.9 Å². The van der Waals surface area contributed by atoms with Crippen LogP contribution in [0, 0.1) is 0 Å². The second kappa shape index (κ2) is 4.60. The highest BCUT2D eigenvalue weighted by Gasteiger charge is 2.48. The maximum absolute atomic E-state index is 12.2. The first-order valence-electron chi connectivity index (χ1n) is 5.39. The van der Waals surface area contributed by atoms with Crippen molar-refractivity contribution in [2.45, 2.75) is 17.4 Å². The zero-order valence-electron chi connectivity index (χ0n) is 9.88. The van der Waals surface area contributed by atoms with Crippen molar-refractivity contribution in [2.75, 3.05) is 0 Å². The largest absolute Gasteiger partial charge is 0.481 e. The molecular weight excluding hydrogens is 290 g/mol. The number of rotatable bonds is 4. The molecular formula is C11H9NO7S. The predicted molar refractivity (Wildman–Crippen MR) is 63.5 cm³/mol. The molecule has 1 amide bonds. The second-order valence-corrected chi connectivity index (χ2v) is 5.84. The number of carbonyl (C=O) groups excluding carboxylic acids is 1. The zero-order chi connectivity index (χ0) is 15.1. The van der Waals surface area contributed by atoms with Crippen molar-refractivity contribution in [2.24, 2.45) is 0 Å². The molecule has 8 nitrogen and oxygen atoms in total. The number of hydrogen-bond acceptors (Lipinski definition) is 5. The lowest BCUT2D eigenvalue weighted by atomic mass is 10.1. The Balaban J connectivity index is 2.56. The molecule has 0 aromatic heterocycles. The monoisotopic (exact) mass is 299 g/mol. The number of carboxylic acids is 2. The van der Waals surface area contributed by atoms with E-state index in [9.17, 15) is 22.8 Å². The van der Waals surface area contributed by atoms with Crippen LogP contribution in [0.3, 0.4) is 0 Å². The van der Waals surface area contributed by atoms with Gasteiger partial charge in [-0.2, -0.15) is 0 Å². The van der Waals surface area contributed by atoms with E-state index in [0.717, 1.165) is 0 Å². The number of nitrogens with zero attached hydrogens (tertiary/aromatic N) is 1. The van der Waals surface area contributed by atoms with Gasteiger partial charge in [0.15, 0.2) is 6.04 Å². The Bertz CT molecular complexity index is 709. The van der Waals surface area contributed by atoms with Crippen LogP contribution in [-0.2, 0) is 19.6 Å². The first-order chi connectivity index (χ1) is 9.26. The van der Waals surface area contributed by atoms with E-state index in [0.29, 0.717) is 0 Å². The van der Waals surface area contributed by atoms with Crippen molar-refractivity contribution in [1.29, 1.82) is 0 Å². The fourth-order valence-electron chi connectivity index (χ4n) is 1.95. The maximum atomic E-state index is 12.2. The summed E-state index contributed by atoms with van der Waals surface area (Å²) in [6.45, 7) is 0. The summed E-state index contributed by atoms with van der Waals surface area (Å²) in [4.78, 5) is 33.5. The SMILES string of the molecule is O=C(O)C[C@@H](C(=O)O)N1C(=O)c2ccccc2S1(=O)=O. The molecule has 0 fully saturated rings. The van der Waals surface area contributed by atoms with Gasteiger partial charge in [-0.05, 0) is 12.1 Å². The molecule has 0 saturated heterocycles. The molecule has 0 bridgehead atoms. The Hall–Kier alpha value is -2.42. The molecule has 0 radical (unpaired) electrons. The number of carbonyl (C=O) groups is 3. The Labute approximate surface area is 113 Å². The highest BCUT2D eigenvalue weighted by atomic mass is 32.2. The van der Waals surface area contributed by atoms with E-state index >= 15 is 0 Å². The van der Waals surface area contributed by atoms with Gasteiger partial charge in [-0.25, -0.2) is 17.5 Å². The number of carboxylic acid groups (broad SMARTS) is 2. The molecule has 106 valence electrons. The Morgan fingerprint density at radius 2 is 1.80 bits per heavy atom. The van der Waals surface area contributed by atoms with Gasteiger partial charge in [-0.3, -0.25) is 9.59 Å². The van der Waals surface area contributed by atoms with Crippen molar-refractivity contribution in [3.63, 3.8) is 0 Å². The van der Waals surface area contributed by atoms with Crippen LogP contribution in [0.15, 0.2) is 29.2 Å². The third-order valence-electron chi connectivity index (χ3n) is 2.79. The van der Waals surface area contributed by atoms with Crippen LogP contribution < -0.4 is 0 Å². The van der Waals surface area contributed by atoms with Gasteiger partial charge in [0.05, 0.1) is 12.0 Å². The van der Waals surface area contributed by atoms with Gasteiger partial charge in [0.1, 0.15) is 4.90 Å². The summed E-state index contributed by atoms with van der Waals surface area (Å²) in [6, 6.07) is 3.26. The number of aliphatic carboxylic acids is 2. The van der Waals surface area contributed by atoms with E-state index in [2.05, 4.69) is 0 Å². The summed E-state index contributed by atoms with van der Waals surface area (Å²) in [6.07, 6.45) is -1.01. The normalized spacial score (nSPS) is 17.6. The van der Waals surface area contributed by atoms with Crippen molar-refractivity contribution in [1.82, 2.24) is 4.31 Å². The molecule has 0 unspecified atom stereocenters. The molecule has 0 aliphatic carbocycles. The number of amides is 1. The lowest BCUT2D eigenvalue weighted by molar-refractivity contribution is -0.147. The van der Waals surface area contributed by atoms with Gasteiger partial charge in [-0.15, -0.1) is 0 Å². The molecule has 0 saturated carbocycles. The van der Waals surface area contributed by atoms with E-state index in [1.54, 1.807) is 0 Å². The average Bonchev–Trinajstić information content (AvgIpc) is 2.55. The molecule has 1 atom stereocenters. The van der Waals surface area contributed by atoms with Crippen LogP contribution in [0.5, 0.6) is 0 Å². The molecule has 2 rings (SSSR count). The summed E-state index contributed by atoms with van der Waals surface area (Å²) in [5.74, 6) is -4.25. The molecule has 1 aromatic rings. The first kappa shape index (κ1) is 14.0. The number of sulfonamides is 1. The van der Waals surface area contributed by atoms with Gasteiger partial charge in [-0.1, -0.05) is 12.1 Å². The van der Waals surface area contributed by atoms with E-state index in [4.69, 9.17) is 10.2 Å². The minimum Gasteiger partial charge on any atom is -0.481 e. The first-order valence-corrected chi connectivity index (χ1v) is 6.83. The van der Waals surface area contributed by atoms with Crippen molar-refractivity contribution < 1.29 is 33.0 Å². The van der Waals surface area contributed by atoms with Crippen molar-refractivity contribution in [3.05, 3.63) is 29.8 Å². The molecule has 20 heavy (non-hydrogen) atoms. The summed E-state index contributed by atoms with van der Waals surface area (Å²) in [5.41, 5.74) is -0.163. The lowest BCUT2D eigenvalue weighted by Gasteiger charge is -2.21. The van der Waals surface area contributed by atoms with Crippen LogP contribution in [-0.4, -0.2) is 46.8 Å². The highest BCUT2D eigenvalue weighted by Crippen LogP contribution is 2.32. The number of benzene rings is 1. The molecule has 9 heteroatoms. The second-order valence-electron chi connectivity index (χ2n) is 4.05. The molecule has 1 heterocycles. The van der Waals surface area contributed by atoms with Gasteiger partial charge < -0.3 is 10.2 Å². The molecule has 1 aliphatic rings. The van der Waals surface area contributed by atoms with E-state index in [-0.39, 0.29) is 14.8 Å². The predicted octanol–water partition coefficient (Wildman–Crippen LogP) is -0.241. The summed E-state index contributed by atoms with van der Waals surface area (Å²) in [5, 5.41) is 17.7. The quantitative estimate of drug-likeness (QED) is 0.784. The maximum Gasteiger partial charge on any atom is 0.328 e. The zero-order valence-corrected chi connectivity index (χ0v) is 10.7. The van der Waals surface area contributed by atoms with Crippen LogP contribution in [0.1, 0.15) is 16.8 Å². The lowest BCUT2D eigenvalue weighted by Crippen LogP contribution is -2.45. The molecule has 1 aromatic carbocycles. The summed E-state index contributed by atoms with van der Waals surface area (Å²) >= 11 is 0. The molecule has 1 aliphatic heterocycles. The Morgan fingerprint density at radius 3 is 2.30 bits per heavy atom. The minimum absolute atomic E-state index is 0.119. The fraction of sp³-hybridized carbons (Fsp3) is 0.182. The van der Waals surface area contributed by atoms with Crippen molar-refractivity contribution in [3.8, 4) is 0 Å². The Morgan fingerprint density at radius 1 is 1.20 bits per heavy atom. The summed E-state index contributed by atoms with van der Waals surface area (Å²) in [7, 11) is -4.35. The van der Waals surface area contributed by atoms with Crippen LogP contribution in [0.4, 0.5) is 0 Å². The third-order valence-corrected chi connectivity index (χ3v) is 4.64. The van der Waals surface area contributed by atoms with E-state index in [1.807, 2.05) is 0 Å². The van der Waals surface area contributed by atoms with E-state index < -0.39 is 40.3 Å². The standard InChI is InChI=1S/C11H9NO7S/c13-9(14)5-7(11(16)17)12-10(15)6-3-1-2-4-8(6)20(12,18)19/h1-4,7H,5H2,(H,13,14)(H,16,17)/t7-/m0/s1. The van der Waals surface area contributed by atoms with Crippen LogP contribution in [0.25, 0.3) is 0 Å². The number of fused-ring (bicyclic) bond motifs is 1. The van der Waals surface area contributed by atoms with Crippen molar-refractivity contribution >= 4 is 27.9 Å². The minimum atomic E-state index is -4.35.